The lowest BCUT2D eigenvalue weighted by atomic mass is 9.96. The van der Waals surface area contributed by atoms with E-state index in [9.17, 15) is 22.8 Å². The van der Waals surface area contributed by atoms with Crippen LogP contribution in [0, 0.1) is 5.92 Å². The molecular weight excluding hydrogens is 223 g/mol. The summed E-state index contributed by atoms with van der Waals surface area (Å²) in [6.07, 6.45) is -3.34. The van der Waals surface area contributed by atoms with Crippen LogP contribution in [0.2, 0.25) is 0 Å². The van der Waals surface area contributed by atoms with Gasteiger partial charge in [-0.05, 0) is 12.8 Å². The van der Waals surface area contributed by atoms with Crippen LogP contribution in [-0.4, -0.2) is 36.4 Å². The van der Waals surface area contributed by atoms with E-state index in [-0.39, 0.29) is 44.7 Å². The summed E-state index contributed by atoms with van der Waals surface area (Å²) < 4.78 is 37.0. The fourth-order valence-electron chi connectivity index (χ4n) is 1.80. The van der Waals surface area contributed by atoms with Gasteiger partial charge in [0.1, 0.15) is 6.29 Å². The highest BCUT2D eigenvalue weighted by atomic mass is 19.4. The van der Waals surface area contributed by atoms with Crippen molar-refractivity contribution in [3.63, 3.8) is 0 Å². The SMILES string of the molecule is O=CCCC(=O)N1CCC(C(F)(F)F)CC1. The van der Waals surface area contributed by atoms with Gasteiger partial charge >= 0.3 is 6.18 Å². The maximum Gasteiger partial charge on any atom is 0.391 e. The average molecular weight is 237 g/mol. The molecule has 0 atom stereocenters. The van der Waals surface area contributed by atoms with Crippen LogP contribution in [0.25, 0.3) is 0 Å². The molecule has 3 nitrogen and oxygen atoms in total. The van der Waals surface area contributed by atoms with Gasteiger partial charge in [-0.1, -0.05) is 0 Å². The lowest BCUT2D eigenvalue weighted by Gasteiger charge is -2.32. The van der Waals surface area contributed by atoms with Crippen LogP contribution in [0.1, 0.15) is 25.7 Å². The fourth-order valence-corrected chi connectivity index (χ4v) is 1.80. The average Bonchev–Trinajstić information content (AvgIpc) is 2.25. The summed E-state index contributed by atoms with van der Waals surface area (Å²) in [7, 11) is 0. The van der Waals surface area contributed by atoms with Crippen LogP contribution < -0.4 is 0 Å². The van der Waals surface area contributed by atoms with Crippen LogP contribution >= 0.6 is 0 Å². The molecule has 1 heterocycles. The molecule has 1 fully saturated rings. The Morgan fingerprint density at radius 3 is 2.31 bits per heavy atom. The Morgan fingerprint density at radius 2 is 1.88 bits per heavy atom. The molecule has 1 aliphatic rings. The zero-order valence-electron chi connectivity index (χ0n) is 8.79. The number of rotatable bonds is 3. The van der Waals surface area contributed by atoms with Crippen molar-refractivity contribution in [3.8, 4) is 0 Å². The number of likely N-dealkylation sites (tertiary alicyclic amines) is 1. The van der Waals surface area contributed by atoms with Crippen molar-refractivity contribution >= 4 is 12.2 Å². The number of halogens is 3. The summed E-state index contributed by atoms with van der Waals surface area (Å²) >= 11 is 0. The largest absolute Gasteiger partial charge is 0.391 e. The number of nitrogens with zero attached hydrogens (tertiary/aromatic N) is 1. The first-order chi connectivity index (χ1) is 7.45. The third kappa shape index (κ3) is 3.50. The second kappa shape index (κ2) is 5.32. The van der Waals surface area contributed by atoms with Gasteiger partial charge in [-0.15, -0.1) is 0 Å². The summed E-state index contributed by atoms with van der Waals surface area (Å²) in [6.45, 7) is 0.281. The standard InChI is InChI=1S/C10H14F3NO2/c11-10(12,13)8-3-5-14(6-4-8)9(16)2-1-7-15/h7-8H,1-6H2. The lowest BCUT2D eigenvalue weighted by molar-refractivity contribution is -0.186. The second-order valence-electron chi connectivity index (χ2n) is 3.90. The maximum atomic E-state index is 12.3. The Bertz CT molecular complexity index is 257. The summed E-state index contributed by atoms with van der Waals surface area (Å²) in [5.41, 5.74) is 0. The zero-order chi connectivity index (χ0) is 12.2. The normalized spacial score (nSPS) is 18.6. The monoisotopic (exact) mass is 237 g/mol. The van der Waals surface area contributed by atoms with E-state index in [2.05, 4.69) is 0 Å². The molecule has 1 saturated heterocycles. The first-order valence-corrected chi connectivity index (χ1v) is 5.23. The molecule has 0 spiro atoms. The van der Waals surface area contributed by atoms with Crippen molar-refractivity contribution in [1.82, 2.24) is 4.90 Å². The van der Waals surface area contributed by atoms with Crippen LogP contribution in [0.4, 0.5) is 13.2 Å². The van der Waals surface area contributed by atoms with E-state index in [1.54, 1.807) is 0 Å². The van der Waals surface area contributed by atoms with Gasteiger partial charge in [0.15, 0.2) is 0 Å². The van der Waals surface area contributed by atoms with Crippen LogP contribution in [0.15, 0.2) is 0 Å². The van der Waals surface area contributed by atoms with E-state index in [0.29, 0.717) is 6.29 Å². The zero-order valence-corrected chi connectivity index (χ0v) is 8.79. The highest BCUT2D eigenvalue weighted by Crippen LogP contribution is 2.34. The van der Waals surface area contributed by atoms with Gasteiger partial charge in [0, 0.05) is 25.9 Å². The van der Waals surface area contributed by atoms with Crippen LogP contribution in [-0.2, 0) is 9.59 Å². The van der Waals surface area contributed by atoms with Gasteiger partial charge in [0.2, 0.25) is 5.91 Å². The van der Waals surface area contributed by atoms with E-state index in [1.165, 1.54) is 4.90 Å². The molecule has 0 unspecified atom stereocenters. The minimum absolute atomic E-state index is 0.0314. The molecule has 92 valence electrons. The van der Waals surface area contributed by atoms with Gasteiger partial charge in [-0.3, -0.25) is 4.79 Å². The third-order valence-electron chi connectivity index (χ3n) is 2.79. The number of carbonyl (C=O) groups is 2. The number of piperidine rings is 1. The highest BCUT2D eigenvalue weighted by Gasteiger charge is 2.41. The Labute approximate surface area is 91.6 Å². The lowest BCUT2D eigenvalue weighted by Crippen LogP contribution is -2.42. The van der Waals surface area contributed by atoms with Crippen LogP contribution in [0.5, 0.6) is 0 Å². The van der Waals surface area contributed by atoms with E-state index in [4.69, 9.17) is 0 Å². The number of hydrogen-bond acceptors (Lipinski definition) is 2. The van der Waals surface area contributed by atoms with Gasteiger partial charge in [0.05, 0.1) is 5.92 Å². The molecule has 1 rings (SSSR count). The minimum atomic E-state index is -4.15. The molecular formula is C10H14F3NO2. The molecule has 0 aromatic heterocycles. The second-order valence-corrected chi connectivity index (χ2v) is 3.90. The van der Waals surface area contributed by atoms with Crippen molar-refractivity contribution in [2.75, 3.05) is 13.1 Å². The molecule has 0 aliphatic carbocycles. The van der Waals surface area contributed by atoms with Crippen molar-refractivity contribution in [3.05, 3.63) is 0 Å². The third-order valence-corrected chi connectivity index (χ3v) is 2.79. The molecule has 0 radical (unpaired) electrons. The van der Waals surface area contributed by atoms with Crippen molar-refractivity contribution in [2.45, 2.75) is 31.9 Å². The topological polar surface area (TPSA) is 37.4 Å². The van der Waals surface area contributed by atoms with E-state index >= 15 is 0 Å². The molecule has 6 heteroatoms. The highest BCUT2D eigenvalue weighted by molar-refractivity contribution is 5.78. The predicted molar refractivity (Wildman–Crippen MR) is 50.7 cm³/mol. The molecule has 0 saturated carbocycles. The Kier molecular flexibility index (Phi) is 4.32. The molecule has 0 bridgehead atoms. The number of hydrogen-bond donors (Lipinski definition) is 0. The number of carbonyl (C=O) groups excluding carboxylic acids is 2. The quantitative estimate of drug-likeness (QED) is 0.701. The first-order valence-electron chi connectivity index (χ1n) is 5.23. The summed E-state index contributed by atoms with van der Waals surface area (Å²) in [5.74, 6) is -1.52. The Morgan fingerprint density at radius 1 is 1.31 bits per heavy atom. The van der Waals surface area contributed by atoms with Gasteiger partial charge in [-0.25, -0.2) is 0 Å². The Hall–Kier alpha value is -1.07. The van der Waals surface area contributed by atoms with Crippen molar-refractivity contribution in [1.29, 1.82) is 0 Å². The molecule has 16 heavy (non-hydrogen) atoms. The Balaban J connectivity index is 2.37. The molecule has 1 aliphatic heterocycles. The molecule has 1 amide bonds. The van der Waals surface area contributed by atoms with E-state index < -0.39 is 12.1 Å². The number of alkyl halides is 3. The maximum absolute atomic E-state index is 12.3. The molecule has 0 aromatic rings. The van der Waals surface area contributed by atoms with Gasteiger partial charge in [0.25, 0.3) is 0 Å². The smallest absolute Gasteiger partial charge is 0.343 e. The van der Waals surface area contributed by atoms with Crippen LogP contribution in [0.3, 0.4) is 0 Å². The summed E-state index contributed by atoms with van der Waals surface area (Å²) in [5, 5.41) is 0. The number of aldehydes is 1. The van der Waals surface area contributed by atoms with Gasteiger partial charge < -0.3 is 9.69 Å². The molecule has 0 aromatic carbocycles. The van der Waals surface area contributed by atoms with Gasteiger partial charge in [-0.2, -0.15) is 13.2 Å². The first kappa shape index (κ1) is 13.0. The summed E-state index contributed by atoms with van der Waals surface area (Å²) in [4.78, 5) is 22.9. The minimum Gasteiger partial charge on any atom is -0.343 e. The van der Waals surface area contributed by atoms with E-state index in [1.807, 2.05) is 0 Å². The number of amides is 1. The van der Waals surface area contributed by atoms with E-state index in [0.717, 1.165) is 0 Å². The van der Waals surface area contributed by atoms with Crippen molar-refractivity contribution < 1.29 is 22.8 Å². The summed E-state index contributed by atoms with van der Waals surface area (Å²) in [6, 6.07) is 0. The van der Waals surface area contributed by atoms with Crippen molar-refractivity contribution in [2.24, 2.45) is 5.92 Å². The predicted octanol–water partition coefficient (Wildman–Crippen LogP) is 1.77. The fraction of sp³-hybridized carbons (Fsp3) is 0.800. The molecule has 0 N–H and O–H groups in total.